The van der Waals surface area contributed by atoms with E-state index < -0.39 is 43.3 Å². The summed E-state index contributed by atoms with van der Waals surface area (Å²) in [5.41, 5.74) is -1.89. The van der Waals surface area contributed by atoms with E-state index in [0.717, 1.165) is 6.07 Å². The predicted molar refractivity (Wildman–Crippen MR) is 73.8 cm³/mol. The zero-order valence-electron chi connectivity index (χ0n) is 12.3. The Kier molecular flexibility index (Phi) is 5.88. The maximum atomic E-state index is 12.8. The quantitative estimate of drug-likeness (QED) is 0.753. The number of amides is 1. The molecule has 0 radical (unpaired) electrons. The van der Waals surface area contributed by atoms with Gasteiger partial charge in [0.15, 0.2) is 0 Å². The number of aromatic nitrogens is 2. The monoisotopic (exact) mass is 367 g/mol. The van der Waals surface area contributed by atoms with Crippen LogP contribution in [0.3, 0.4) is 0 Å². The highest BCUT2D eigenvalue weighted by Crippen LogP contribution is 2.27. The Labute approximate surface area is 137 Å². The molecule has 0 unspecified atom stereocenters. The van der Waals surface area contributed by atoms with Crippen LogP contribution in [0.4, 0.5) is 32.0 Å². The number of para-hydroxylation sites is 2. The molecule has 25 heavy (non-hydrogen) atoms. The average molecular weight is 367 g/mol. The zero-order valence-corrected chi connectivity index (χ0v) is 12.3. The molecule has 0 saturated heterocycles. The van der Waals surface area contributed by atoms with Crippen molar-refractivity contribution < 1.29 is 35.9 Å². The second-order valence-corrected chi connectivity index (χ2v) is 4.68. The number of nitrogens with one attached hydrogen (secondary N) is 1. The number of rotatable bonds is 7. The fourth-order valence-corrected chi connectivity index (χ4v) is 1.96. The molecule has 0 spiro atoms. The molecule has 1 heterocycles. The van der Waals surface area contributed by atoms with Gasteiger partial charge in [-0.05, 0) is 18.2 Å². The summed E-state index contributed by atoms with van der Waals surface area (Å²) >= 11 is 0. The highest BCUT2D eigenvalue weighted by molar-refractivity contribution is 5.92. The molecule has 11 heteroatoms. The second-order valence-electron chi connectivity index (χ2n) is 4.68. The second kappa shape index (κ2) is 7.90. The summed E-state index contributed by atoms with van der Waals surface area (Å²) in [7, 11) is 0. The van der Waals surface area contributed by atoms with Crippen molar-refractivity contribution in [2.75, 3.05) is 5.32 Å². The first-order valence-corrected chi connectivity index (χ1v) is 6.75. The minimum Gasteiger partial charge on any atom is -0.433 e. The summed E-state index contributed by atoms with van der Waals surface area (Å²) in [5.74, 6) is -1.27. The number of nitrogens with zero attached hydrogens (tertiary/aromatic N) is 2. The molecule has 0 aliphatic heterocycles. The number of ether oxygens (including phenoxy) is 1. The highest BCUT2D eigenvalue weighted by atomic mass is 19.3. The lowest BCUT2D eigenvalue weighted by Gasteiger charge is -2.12. The first-order chi connectivity index (χ1) is 11.8. The van der Waals surface area contributed by atoms with E-state index in [1.54, 1.807) is 0 Å². The Balaban J connectivity index is 2.16. The topological polar surface area (TPSA) is 56.2 Å². The lowest BCUT2D eigenvalue weighted by atomic mass is 10.3. The molecule has 2 rings (SSSR count). The molecule has 2 aromatic rings. The van der Waals surface area contributed by atoms with Crippen LogP contribution in [0.5, 0.6) is 5.75 Å². The number of halogens is 6. The fourth-order valence-electron chi connectivity index (χ4n) is 1.96. The Bertz CT molecular complexity index is 735. The predicted octanol–water partition coefficient (Wildman–Crippen LogP) is 4.00. The summed E-state index contributed by atoms with van der Waals surface area (Å²) in [6.07, 6.45) is -6.20. The average Bonchev–Trinajstić information content (AvgIpc) is 2.93. The van der Waals surface area contributed by atoms with Crippen LogP contribution in [0.1, 0.15) is 24.2 Å². The van der Waals surface area contributed by atoms with Gasteiger partial charge in [-0.3, -0.25) is 9.48 Å². The molecule has 0 aliphatic carbocycles. The maximum absolute atomic E-state index is 12.8. The van der Waals surface area contributed by atoms with Crippen LogP contribution in [0.2, 0.25) is 0 Å². The van der Waals surface area contributed by atoms with Crippen LogP contribution in [-0.4, -0.2) is 22.3 Å². The van der Waals surface area contributed by atoms with Crippen molar-refractivity contribution >= 4 is 11.6 Å². The summed E-state index contributed by atoms with van der Waals surface area (Å²) in [4.78, 5) is 11.9. The number of hydrogen-bond donors (Lipinski definition) is 1. The fraction of sp³-hybridized carbons (Fsp3) is 0.286. The summed E-state index contributed by atoms with van der Waals surface area (Å²) < 4.78 is 80.1. The third-order valence-corrected chi connectivity index (χ3v) is 2.95. The molecule has 0 saturated carbocycles. The van der Waals surface area contributed by atoms with Crippen LogP contribution >= 0.6 is 0 Å². The minimum absolute atomic E-state index is 0.132. The summed E-state index contributed by atoms with van der Waals surface area (Å²) in [6.45, 7) is -3.95. The molecule has 1 aromatic heterocycles. The van der Waals surface area contributed by atoms with Crippen LogP contribution in [0, 0.1) is 0 Å². The molecular weight excluding hydrogens is 356 g/mol. The number of alkyl halides is 6. The Morgan fingerprint density at radius 3 is 2.40 bits per heavy atom. The van der Waals surface area contributed by atoms with Gasteiger partial charge >= 0.3 is 6.61 Å². The highest BCUT2D eigenvalue weighted by Gasteiger charge is 2.22. The van der Waals surface area contributed by atoms with E-state index >= 15 is 0 Å². The standard InChI is InChI=1S/C14H11F6N3O2/c15-12(16)8-5-9(13(17)18)23(22-8)6-11(24)21-7-3-1-2-4-10(7)25-14(19)20/h1-5,12-14H,6H2,(H,21,24). The zero-order chi connectivity index (χ0) is 18.6. The molecule has 1 N–H and O–H groups in total. The maximum Gasteiger partial charge on any atom is 0.387 e. The molecular formula is C14H11F6N3O2. The molecule has 0 bridgehead atoms. The number of carbonyl (C=O) groups is 1. The molecule has 5 nitrogen and oxygen atoms in total. The van der Waals surface area contributed by atoms with E-state index in [1.807, 2.05) is 0 Å². The SMILES string of the molecule is O=C(Cn1nc(C(F)F)cc1C(F)F)Nc1ccccc1OC(F)F. The van der Waals surface area contributed by atoms with Gasteiger partial charge in [0.2, 0.25) is 5.91 Å². The van der Waals surface area contributed by atoms with Gasteiger partial charge in [0.05, 0.1) is 5.69 Å². The number of carbonyl (C=O) groups excluding carboxylic acids is 1. The largest absolute Gasteiger partial charge is 0.433 e. The van der Waals surface area contributed by atoms with Crippen molar-refractivity contribution in [2.45, 2.75) is 26.0 Å². The smallest absolute Gasteiger partial charge is 0.387 e. The van der Waals surface area contributed by atoms with Gasteiger partial charge < -0.3 is 10.1 Å². The first kappa shape index (κ1) is 18.6. The lowest BCUT2D eigenvalue weighted by Crippen LogP contribution is -2.21. The first-order valence-electron chi connectivity index (χ1n) is 6.75. The number of hydrogen-bond acceptors (Lipinski definition) is 3. The van der Waals surface area contributed by atoms with Gasteiger partial charge in [0.25, 0.3) is 12.9 Å². The van der Waals surface area contributed by atoms with Crippen molar-refractivity contribution in [3.63, 3.8) is 0 Å². The van der Waals surface area contributed by atoms with Crippen molar-refractivity contribution in [2.24, 2.45) is 0 Å². The summed E-state index contributed by atoms with van der Waals surface area (Å²) in [5, 5.41) is 5.44. The van der Waals surface area contributed by atoms with E-state index in [1.165, 1.54) is 18.2 Å². The van der Waals surface area contributed by atoms with Gasteiger partial charge in [0, 0.05) is 0 Å². The van der Waals surface area contributed by atoms with Gasteiger partial charge in [-0.25, -0.2) is 17.6 Å². The Morgan fingerprint density at radius 1 is 1.12 bits per heavy atom. The minimum atomic E-state index is -3.14. The molecule has 0 fully saturated rings. The van der Waals surface area contributed by atoms with E-state index in [-0.39, 0.29) is 11.4 Å². The number of benzene rings is 1. The Hall–Kier alpha value is -2.72. The van der Waals surface area contributed by atoms with Gasteiger partial charge in [0.1, 0.15) is 23.7 Å². The van der Waals surface area contributed by atoms with Crippen LogP contribution < -0.4 is 10.1 Å². The van der Waals surface area contributed by atoms with Crippen LogP contribution in [-0.2, 0) is 11.3 Å². The molecule has 1 aromatic carbocycles. The third kappa shape index (κ3) is 4.88. The molecule has 0 aliphatic rings. The van der Waals surface area contributed by atoms with Gasteiger partial charge in [-0.2, -0.15) is 13.9 Å². The van der Waals surface area contributed by atoms with E-state index in [4.69, 9.17) is 0 Å². The molecule has 1 amide bonds. The summed E-state index contributed by atoms with van der Waals surface area (Å²) in [6, 6.07) is 5.70. The van der Waals surface area contributed by atoms with Crippen LogP contribution in [0.15, 0.2) is 30.3 Å². The third-order valence-electron chi connectivity index (χ3n) is 2.95. The van der Waals surface area contributed by atoms with Crippen molar-refractivity contribution in [3.8, 4) is 5.75 Å². The molecule has 136 valence electrons. The van der Waals surface area contributed by atoms with Crippen LogP contribution in [0.25, 0.3) is 0 Å². The van der Waals surface area contributed by atoms with E-state index in [0.29, 0.717) is 10.7 Å². The van der Waals surface area contributed by atoms with Crippen molar-refractivity contribution in [1.82, 2.24) is 9.78 Å². The molecule has 0 atom stereocenters. The van der Waals surface area contributed by atoms with E-state index in [9.17, 15) is 31.1 Å². The number of anilines is 1. The van der Waals surface area contributed by atoms with Crippen molar-refractivity contribution in [1.29, 1.82) is 0 Å². The Morgan fingerprint density at radius 2 is 1.80 bits per heavy atom. The normalized spacial score (nSPS) is 11.4. The van der Waals surface area contributed by atoms with Crippen molar-refractivity contribution in [3.05, 3.63) is 41.7 Å². The lowest BCUT2D eigenvalue weighted by molar-refractivity contribution is -0.117. The van der Waals surface area contributed by atoms with Gasteiger partial charge in [-0.15, -0.1) is 0 Å². The van der Waals surface area contributed by atoms with Gasteiger partial charge in [-0.1, -0.05) is 12.1 Å². The van der Waals surface area contributed by atoms with E-state index in [2.05, 4.69) is 15.2 Å².